The Hall–Kier alpha value is -2.73. The van der Waals surface area contributed by atoms with Gasteiger partial charge in [-0.2, -0.15) is 0 Å². The molecule has 0 aliphatic rings. The zero-order chi connectivity index (χ0) is 17.7. The summed E-state index contributed by atoms with van der Waals surface area (Å²) in [4.78, 5) is 23.5. The van der Waals surface area contributed by atoms with Crippen LogP contribution < -0.4 is 10.2 Å². The average molecular weight is 328 g/mol. The Morgan fingerprint density at radius 3 is 2.25 bits per heavy atom. The summed E-state index contributed by atoms with van der Waals surface area (Å²) in [6.07, 6.45) is 0. The molecule has 0 heterocycles. The maximum absolute atomic E-state index is 12.2. The smallest absolute Gasteiger partial charge is 0.279 e. The van der Waals surface area contributed by atoms with Crippen LogP contribution in [0.1, 0.15) is 16.7 Å². The van der Waals surface area contributed by atoms with E-state index >= 15 is 0 Å². The Balaban J connectivity index is 1.93. The molecule has 0 aromatic heterocycles. The molecule has 0 bridgehead atoms. The third kappa shape index (κ3) is 4.63. The van der Waals surface area contributed by atoms with E-state index in [1.807, 2.05) is 39.1 Å². The van der Waals surface area contributed by atoms with Crippen molar-refractivity contribution in [3.05, 3.63) is 69.3 Å². The molecule has 0 spiro atoms. The number of nitro groups is 1. The van der Waals surface area contributed by atoms with E-state index in [2.05, 4.69) is 5.32 Å². The molecule has 1 atom stereocenters. The van der Waals surface area contributed by atoms with Gasteiger partial charge in [0.25, 0.3) is 11.6 Å². The number of para-hydroxylation sites is 1. The zero-order valence-corrected chi connectivity index (χ0v) is 14.1. The molecule has 126 valence electrons. The maximum Gasteiger partial charge on any atom is 0.279 e. The number of nitro benzene ring substituents is 1. The van der Waals surface area contributed by atoms with Crippen LogP contribution in [0.5, 0.6) is 0 Å². The molecule has 6 heteroatoms. The summed E-state index contributed by atoms with van der Waals surface area (Å²) in [5.74, 6) is -0.0492. The van der Waals surface area contributed by atoms with E-state index in [-0.39, 0.29) is 11.6 Å². The van der Waals surface area contributed by atoms with Crippen molar-refractivity contribution >= 4 is 17.3 Å². The normalized spacial score (nSPS) is 11.8. The van der Waals surface area contributed by atoms with E-state index in [0.29, 0.717) is 13.1 Å². The van der Waals surface area contributed by atoms with Gasteiger partial charge in [-0.25, -0.2) is 0 Å². The van der Waals surface area contributed by atoms with Crippen LogP contribution in [0.2, 0.25) is 0 Å². The second-order valence-electron chi connectivity index (χ2n) is 6.05. The first-order chi connectivity index (χ1) is 11.4. The van der Waals surface area contributed by atoms with Gasteiger partial charge < -0.3 is 10.2 Å². The molecular weight excluding hydrogens is 306 g/mol. The predicted molar refractivity (Wildman–Crippen MR) is 93.1 cm³/mol. The molecule has 2 aromatic rings. The van der Waals surface area contributed by atoms with Crippen LogP contribution in [0, 0.1) is 24.0 Å². The van der Waals surface area contributed by atoms with Gasteiger partial charge in [-0.05, 0) is 37.1 Å². The Labute approximate surface area is 141 Å². The van der Waals surface area contributed by atoms with Crippen LogP contribution in [0.15, 0.2) is 42.5 Å². The number of hydrogen-bond donors (Lipinski definition) is 2. The number of carbonyl (C=O) groups is 1. The molecule has 6 nitrogen and oxygen atoms in total. The van der Waals surface area contributed by atoms with E-state index in [0.717, 1.165) is 27.3 Å². The van der Waals surface area contributed by atoms with E-state index in [1.165, 1.54) is 12.1 Å². The fraction of sp³-hybridized carbons (Fsp3) is 0.278. The number of anilines is 1. The summed E-state index contributed by atoms with van der Waals surface area (Å²) in [6, 6.07) is 12.3. The Kier molecular flexibility index (Phi) is 5.65. The van der Waals surface area contributed by atoms with Gasteiger partial charge in [-0.1, -0.05) is 18.2 Å². The Morgan fingerprint density at radius 1 is 1.12 bits per heavy atom. The number of aryl methyl sites for hydroxylation is 2. The van der Waals surface area contributed by atoms with Gasteiger partial charge in [0.15, 0.2) is 6.54 Å². The number of hydrogen-bond acceptors (Lipinski definition) is 3. The molecule has 0 aliphatic carbocycles. The highest BCUT2D eigenvalue weighted by atomic mass is 16.6. The summed E-state index contributed by atoms with van der Waals surface area (Å²) in [7, 11) is 1.92. The van der Waals surface area contributed by atoms with Crippen molar-refractivity contribution in [1.29, 1.82) is 0 Å². The summed E-state index contributed by atoms with van der Waals surface area (Å²) < 4.78 is 0. The number of likely N-dealkylation sites (N-methyl/N-ethyl adjacent to an activating group) is 1. The minimum absolute atomic E-state index is 0.0492. The van der Waals surface area contributed by atoms with Crippen molar-refractivity contribution in [3.63, 3.8) is 0 Å². The lowest BCUT2D eigenvalue weighted by atomic mass is 10.1. The van der Waals surface area contributed by atoms with Crippen LogP contribution in [-0.2, 0) is 11.3 Å². The number of nitrogens with zero attached hydrogens (tertiary/aromatic N) is 1. The highest BCUT2D eigenvalue weighted by Gasteiger charge is 2.13. The van der Waals surface area contributed by atoms with Crippen LogP contribution in [0.25, 0.3) is 0 Å². The van der Waals surface area contributed by atoms with Crippen LogP contribution >= 0.6 is 0 Å². The van der Waals surface area contributed by atoms with Gasteiger partial charge in [-0.3, -0.25) is 14.9 Å². The fourth-order valence-corrected chi connectivity index (χ4v) is 2.62. The highest BCUT2D eigenvalue weighted by Crippen LogP contribution is 2.18. The lowest BCUT2D eigenvalue weighted by molar-refractivity contribution is -0.885. The van der Waals surface area contributed by atoms with Gasteiger partial charge in [0.2, 0.25) is 0 Å². The molecule has 1 unspecified atom stereocenters. The van der Waals surface area contributed by atoms with Crippen LogP contribution in [0.4, 0.5) is 11.4 Å². The fourth-order valence-electron chi connectivity index (χ4n) is 2.62. The number of carbonyl (C=O) groups excluding carboxylic acids is 1. The molecular formula is C18H22N3O3+. The number of nitrogens with one attached hydrogen (secondary N) is 2. The van der Waals surface area contributed by atoms with Gasteiger partial charge >= 0.3 is 0 Å². The van der Waals surface area contributed by atoms with Crippen LogP contribution in [0.3, 0.4) is 0 Å². The summed E-state index contributed by atoms with van der Waals surface area (Å²) in [5.41, 5.74) is 3.97. The lowest BCUT2D eigenvalue weighted by Crippen LogP contribution is -3.08. The van der Waals surface area contributed by atoms with Crippen LogP contribution in [-0.4, -0.2) is 24.4 Å². The number of quaternary nitrogens is 1. The first-order valence-corrected chi connectivity index (χ1v) is 7.77. The van der Waals surface area contributed by atoms with Crippen molar-refractivity contribution in [2.24, 2.45) is 0 Å². The van der Waals surface area contributed by atoms with Gasteiger partial charge in [0.1, 0.15) is 6.54 Å². The summed E-state index contributed by atoms with van der Waals surface area (Å²) in [6.45, 7) is 4.88. The number of non-ortho nitro benzene ring substituents is 1. The Bertz CT molecular complexity index is 721. The van der Waals surface area contributed by atoms with Crippen molar-refractivity contribution in [3.8, 4) is 0 Å². The summed E-state index contributed by atoms with van der Waals surface area (Å²) >= 11 is 0. The largest absolute Gasteiger partial charge is 0.326 e. The molecule has 0 fully saturated rings. The molecule has 0 radical (unpaired) electrons. The van der Waals surface area contributed by atoms with Crippen molar-refractivity contribution in [1.82, 2.24) is 0 Å². The molecule has 2 rings (SSSR count). The van der Waals surface area contributed by atoms with E-state index < -0.39 is 4.92 Å². The second kappa shape index (κ2) is 7.70. The highest BCUT2D eigenvalue weighted by molar-refractivity contribution is 5.93. The maximum atomic E-state index is 12.2. The second-order valence-corrected chi connectivity index (χ2v) is 6.05. The molecule has 0 saturated carbocycles. The monoisotopic (exact) mass is 328 g/mol. The number of amides is 1. The van der Waals surface area contributed by atoms with Crippen molar-refractivity contribution < 1.29 is 14.6 Å². The predicted octanol–water partition coefficient (Wildman–Crippen LogP) is 1.87. The zero-order valence-electron chi connectivity index (χ0n) is 14.1. The van der Waals surface area contributed by atoms with Crippen molar-refractivity contribution in [2.75, 3.05) is 18.9 Å². The van der Waals surface area contributed by atoms with Gasteiger partial charge in [-0.15, -0.1) is 0 Å². The standard InChI is InChI=1S/C18H21N3O3/c1-13-5-4-6-14(2)18(13)19-17(22)12-20(3)11-15-7-9-16(10-8-15)21(23)24/h4-10H,11-12H2,1-3H3,(H,19,22)/p+1. The molecule has 2 N–H and O–H groups in total. The SMILES string of the molecule is Cc1cccc(C)c1NC(=O)C[NH+](C)Cc1ccc([N+](=O)[O-])cc1. The number of benzene rings is 2. The van der Waals surface area contributed by atoms with Crippen molar-refractivity contribution in [2.45, 2.75) is 20.4 Å². The summed E-state index contributed by atoms with van der Waals surface area (Å²) in [5, 5.41) is 13.6. The van der Waals surface area contributed by atoms with E-state index in [1.54, 1.807) is 12.1 Å². The third-order valence-electron chi connectivity index (χ3n) is 3.86. The third-order valence-corrected chi connectivity index (χ3v) is 3.86. The quantitative estimate of drug-likeness (QED) is 0.628. The topological polar surface area (TPSA) is 76.7 Å². The van der Waals surface area contributed by atoms with E-state index in [9.17, 15) is 14.9 Å². The minimum Gasteiger partial charge on any atom is -0.326 e. The molecule has 0 saturated heterocycles. The average Bonchev–Trinajstić information content (AvgIpc) is 2.51. The van der Waals surface area contributed by atoms with E-state index in [4.69, 9.17) is 0 Å². The molecule has 0 aliphatic heterocycles. The minimum atomic E-state index is -0.418. The molecule has 24 heavy (non-hydrogen) atoms. The van der Waals surface area contributed by atoms with Gasteiger partial charge in [0, 0.05) is 23.4 Å². The first kappa shape index (κ1) is 17.6. The number of rotatable bonds is 6. The van der Waals surface area contributed by atoms with Gasteiger partial charge in [0.05, 0.1) is 12.0 Å². The Morgan fingerprint density at radius 2 is 1.71 bits per heavy atom. The molecule has 1 amide bonds. The lowest BCUT2D eigenvalue weighted by Gasteiger charge is -2.15. The molecule has 2 aromatic carbocycles. The first-order valence-electron chi connectivity index (χ1n) is 7.77.